The van der Waals surface area contributed by atoms with Crippen molar-refractivity contribution in [2.45, 2.75) is 12.3 Å². The van der Waals surface area contributed by atoms with Gasteiger partial charge in [0.25, 0.3) is 0 Å². The highest BCUT2D eigenvalue weighted by Gasteiger charge is 2.46. The quantitative estimate of drug-likeness (QED) is 0.912. The molecule has 0 radical (unpaired) electrons. The van der Waals surface area contributed by atoms with Crippen molar-refractivity contribution in [2.75, 3.05) is 26.3 Å². The van der Waals surface area contributed by atoms with E-state index < -0.39 is 11.6 Å². The molecule has 1 heterocycles. The minimum atomic E-state index is -0.860. The van der Waals surface area contributed by atoms with Gasteiger partial charge in [-0.05, 0) is 24.0 Å². The molecule has 1 aromatic carbocycles. The van der Waals surface area contributed by atoms with Gasteiger partial charge in [-0.15, -0.1) is 0 Å². The lowest BCUT2D eigenvalue weighted by atomic mass is 10.1. The van der Waals surface area contributed by atoms with Crippen LogP contribution in [0.4, 0.5) is 8.78 Å². The van der Waals surface area contributed by atoms with Crippen LogP contribution in [0.2, 0.25) is 0 Å². The van der Waals surface area contributed by atoms with Crippen molar-refractivity contribution < 1.29 is 18.3 Å². The van der Waals surface area contributed by atoms with Gasteiger partial charge in [0.05, 0.1) is 13.2 Å². The molecule has 1 aliphatic carbocycles. The topological polar surface area (TPSA) is 41.6 Å². The van der Waals surface area contributed by atoms with Crippen molar-refractivity contribution in [3.8, 4) is 0 Å². The second-order valence-electron chi connectivity index (χ2n) is 5.17. The van der Waals surface area contributed by atoms with E-state index in [9.17, 15) is 13.6 Å². The first kappa shape index (κ1) is 13.5. The van der Waals surface area contributed by atoms with Gasteiger partial charge in [-0.25, -0.2) is 13.8 Å². The Morgan fingerprint density at radius 2 is 2.05 bits per heavy atom. The lowest BCUT2D eigenvalue weighted by molar-refractivity contribution is -0.129. The molecule has 108 valence electrons. The number of benzene rings is 1. The largest absolute Gasteiger partial charge is 0.379 e. The monoisotopic (exact) mass is 282 g/mol. The van der Waals surface area contributed by atoms with Crippen LogP contribution in [0.1, 0.15) is 17.9 Å². The Bertz CT molecular complexity index is 518. The van der Waals surface area contributed by atoms with Gasteiger partial charge in [0.15, 0.2) is 11.6 Å². The summed E-state index contributed by atoms with van der Waals surface area (Å²) in [5.74, 6) is -2.30. The molecule has 1 N–H and O–H groups in total. The van der Waals surface area contributed by atoms with Gasteiger partial charge in [-0.1, -0.05) is 12.1 Å². The Morgan fingerprint density at radius 1 is 1.30 bits per heavy atom. The van der Waals surface area contributed by atoms with Crippen LogP contribution in [0.25, 0.3) is 0 Å². The predicted octanol–water partition coefficient (Wildman–Crippen LogP) is 1.43. The minimum absolute atomic E-state index is 0.124. The lowest BCUT2D eigenvalue weighted by Gasteiger charge is -2.27. The third-order valence-corrected chi connectivity index (χ3v) is 3.79. The van der Waals surface area contributed by atoms with Gasteiger partial charge < -0.3 is 4.74 Å². The number of ether oxygens (including phenoxy) is 1. The first-order valence-electron chi connectivity index (χ1n) is 6.74. The summed E-state index contributed by atoms with van der Waals surface area (Å²) in [6.45, 7) is 2.48. The number of carbonyl (C=O) groups excluding carboxylic acids is 1. The van der Waals surface area contributed by atoms with Crippen LogP contribution in [0, 0.1) is 17.6 Å². The highest BCUT2D eigenvalue weighted by Crippen LogP contribution is 2.48. The average molecular weight is 282 g/mol. The number of amides is 1. The number of nitrogens with zero attached hydrogens (tertiary/aromatic N) is 1. The molecular formula is C14H16F2N2O2. The first-order chi connectivity index (χ1) is 9.66. The molecule has 1 aliphatic heterocycles. The van der Waals surface area contributed by atoms with Crippen molar-refractivity contribution in [2.24, 2.45) is 5.92 Å². The zero-order valence-electron chi connectivity index (χ0n) is 10.9. The van der Waals surface area contributed by atoms with Crippen molar-refractivity contribution in [3.05, 3.63) is 35.4 Å². The second kappa shape index (κ2) is 5.46. The number of hydrazine groups is 1. The Hall–Kier alpha value is -1.53. The Labute approximate surface area is 115 Å². The van der Waals surface area contributed by atoms with Crippen LogP contribution in [0.3, 0.4) is 0 Å². The number of hydrogen-bond acceptors (Lipinski definition) is 3. The minimum Gasteiger partial charge on any atom is -0.379 e. The Morgan fingerprint density at radius 3 is 2.80 bits per heavy atom. The van der Waals surface area contributed by atoms with E-state index in [2.05, 4.69) is 5.43 Å². The fourth-order valence-electron chi connectivity index (χ4n) is 2.55. The molecule has 2 aliphatic rings. The number of halogens is 2. The molecule has 0 aromatic heterocycles. The average Bonchev–Trinajstić information content (AvgIpc) is 3.23. The van der Waals surface area contributed by atoms with E-state index in [0.717, 1.165) is 6.07 Å². The normalized spacial score (nSPS) is 26.3. The Balaban J connectivity index is 1.60. The summed E-state index contributed by atoms with van der Waals surface area (Å²) in [7, 11) is 0. The van der Waals surface area contributed by atoms with Crippen LogP contribution < -0.4 is 5.43 Å². The van der Waals surface area contributed by atoms with Crippen LogP contribution in [0.15, 0.2) is 18.2 Å². The number of nitrogens with one attached hydrogen (secondary N) is 1. The maximum Gasteiger partial charge on any atom is 0.238 e. The molecule has 6 heteroatoms. The van der Waals surface area contributed by atoms with Crippen LogP contribution in [-0.4, -0.2) is 37.2 Å². The maximum atomic E-state index is 13.7. The molecule has 2 fully saturated rings. The predicted molar refractivity (Wildman–Crippen MR) is 67.7 cm³/mol. The summed E-state index contributed by atoms with van der Waals surface area (Å²) in [5.41, 5.74) is 3.11. The summed E-state index contributed by atoms with van der Waals surface area (Å²) in [5, 5.41) is 1.81. The third kappa shape index (κ3) is 2.66. The molecule has 1 saturated heterocycles. The molecule has 3 rings (SSSR count). The highest BCUT2D eigenvalue weighted by molar-refractivity contribution is 5.82. The Kier molecular flexibility index (Phi) is 3.67. The summed E-state index contributed by atoms with van der Waals surface area (Å²) in [6, 6.07) is 4.11. The van der Waals surface area contributed by atoms with Crippen LogP contribution in [-0.2, 0) is 9.53 Å². The lowest BCUT2D eigenvalue weighted by Crippen LogP contribution is -2.49. The molecule has 0 bridgehead atoms. The van der Waals surface area contributed by atoms with E-state index in [1.165, 1.54) is 6.07 Å². The molecular weight excluding hydrogens is 266 g/mol. The molecule has 4 nitrogen and oxygen atoms in total. The van der Waals surface area contributed by atoms with E-state index in [-0.39, 0.29) is 17.7 Å². The fraction of sp³-hybridized carbons (Fsp3) is 0.500. The van der Waals surface area contributed by atoms with Gasteiger partial charge in [-0.2, -0.15) is 0 Å². The number of morpholine rings is 1. The van der Waals surface area contributed by atoms with Gasteiger partial charge in [-0.3, -0.25) is 10.2 Å². The van der Waals surface area contributed by atoms with E-state index in [1.54, 1.807) is 6.07 Å². The highest BCUT2D eigenvalue weighted by atomic mass is 19.2. The van der Waals surface area contributed by atoms with Crippen LogP contribution in [0.5, 0.6) is 0 Å². The first-order valence-corrected chi connectivity index (χ1v) is 6.74. The number of rotatable bonds is 3. The van der Waals surface area contributed by atoms with Crippen LogP contribution >= 0.6 is 0 Å². The van der Waals surface area contributed by atoms with Crippen molar-refractivity contribution in [1.29, 1.82) is 0 Å². The number of carbonyl (C=O) groups is 1. The number of hydrogen-bond donors (Lipinski definition) is 1. The molecule has 2 atom stereocenters. The van der Waals surface area contributed by atoms with E-state index in [1.807, 2.05) is 5.01 Å². The maximum absolute atomic E-state index is 13.7. The van der Waals surface area contributed by atoms with E-state index in [0.29, 0.717) is 38.3 Å². The van der Waals surface area contributed by atoms with Crippen molar-refractivity contribution in [1.82, 2.24) is 10.4 Å². The SMILES string of the molecule is O=C(NN1CCOCC1)[C@H]1C[C@@H]1c1cccc(F)c1F. The summed E-state index contributed by atoms with van der Waals surface area (Å²) in [4.78, 5) is 12.0. The molecule has 0 unspecified atom stereocenters. The molecule has 20 heavy (non-hydrogen) atoms. The smallest absolute Gasteiger partial charge is 0.238 e. The molecule has 0 spiro atoms. The van der Waals surface area contributed by atoms with Gasteiger partial charge in [0, 0.05) is 19.0 Å². The van der Waals surface area contributed by atoms with Crippen molar-refractivity contribution >= 4 is 5.91 Å². The third-order valence-electron chi connectivity index (χ3n) is 3.79. The molecule has 1 aromatic rings. The molecule has 1 saturated carbocycles. The van der Waals surface area contributed by atoms with E-state index in [4.69, 9.17) is 4.74 Å². The summed E-state index contributed by atoms with van der Waals surface area (Å²) >= 11 is 0. The van der Waals surface area contributed by atoms with Gasteiger partial charge >= 0.3 is 0 Å². The standard InChI is InChI=1S/C14H16F2N2O2/c15-12-3-1-2-9(13(12)16)10-8-11(10)14(19)17-18-4-6-20-7-5-18/h1-3,10-11H,4-8H2,(H,17,19)/t10-,11+/m1/s1. The fourth-order valence-corrected chi connectivity index (χ4v) is 2.55. The zero-order chi connectivity index (χ0) is 14.1. The summed E-state index contributed by atoms with van der Waals surface area (Å²) < 4.78 is 32.0. The zero-order valence-corrected chi connectivity index (χ0v) is 10.9. The molecule has 1 amide bonds. The second-order valence-corrected chi connectivity index (χ2v) is 5.17. The summed E-state index contributed by atoms with van der Waals surface area (Å²) in [6.07, 6.45) is 0.566. The van der Waals surface area contributed by atoms with Gasteiger partial charge in [0.1, 0.15) is 0 Å². The van der Waals surface area contributed by atoms with E-state index >= 15 is 0 Å². The van der Waals surface area contributed by atoms with Gasteiger partial charge in [0.2, 0.25) is 5.91 Å². The van der Waals surface area contributed by atoms with Crippen molar-refractivity contribution in [3.63, 3.8) is 0 Å².